The second-order valence-electron chi connectivity index (χ2n) is 9.79. The average Bonchev–Trinajstić information content (AvgIpc) is 3.39. The molecule has 0 unspecified atom stereocenters. The molecule has 0 radical (unpaired) electrons. The van der Waals surface area contributed by atoms with Gasteiger partial charge in [-0.1, -0.05) is 60.7 Å². The summed E-state index contributed by atoms with van der Waals surface area (Å²) in [5, 5.41) is 0. The normalized spacial score (nSPS) is 21.8. The summed E-state index contributed by atoms with van der Waals surface area (Å²) in [6, 6.07) is 23.6. The number of nitrogens with zero attached hydrogens (tertiary/aromatic N) is 2. The van der Waals surface area contributed by atoms with Gasteiger partial charge in [-0.25, -0.2) is 8.42 Å². The first-order valence-electron chi connectivity index (χ1n) is 12.9. The van der Waals surface area contributed by atoms with E-state index in [9.17, 15) is 13.2 Å². The lowest BCUT2D eigenvalue weighted by Crippen LogP contribution is -2.40. The summed E-state index contributed by atoms with van der Waals surface area (Å²) in [6.07, 6.45) is 0.966. The number of fused-ring (bicyclic) bond motifs is 1. The smallest absolute Gasteiger partial charge is 0.247 e. The van der Waals surface area contributed by atoms with E-state index in [0.717, 1.165) is 17.5 Å². The van der Waals surface area contributed by atoms with E-state index in [1.165, 1.54) is 4.31 Å². The standard InChI is InChI=1S/C29H33N3O5S/c1-21(23-11-6-3-7-12-23)32-18-25(20-36-19-22-9-4-2-5-10-22)37-27-17-24(14-15-28(27)38(32,34)35)31-16-8-13-26(31)29(30)33/h2-7,9-12,14-15,17,21,25-26H,8,13,16,18-20H2,1H3,(H2,30,33)/t21-,25-,26-/m0/s1. The molecule has 2 N–H and O–H groups in total. The van der Waals surface area contributed by atoms with E-state index in [0.29, 0.717) is 25.3 Å². The van der Waals surface area contributed by atoms with Crippen molar-refractivity contribution in [2.45, 2.75) is 49.5 Å². The monoisotopic (exact) mass is 535 g/mol. The number of carbonyl (C=O) groups is 1. The molecular formula is C29H33N3O5S. The third-order valence-electron chi connectivity index (χ3n) is 7.23. The molecule has 3 aromatic rings. The fourth-order valence-electron chi connectivity index (χ4n) is 5.23. The Balaban J connectivity index is 1.48. The van der Waals surface area contributed by atoms with Gasteiger partial charge in [-0.05, 0) is 43.0 Å². The number of anilines is 1. The zero-order chi connectivity index (χ0) is 26.7. The number of rotatable bonds is 8. The highest BCUT2D eigenvalue weighted by atomic mass is 32.2. The lowest BCUT2D eigenvalue weighted by molar-refractivity contribution is -0.119. The Hall–Kier alpha value is -3.40. The van der Waals surface area contributed by atoms with Gasteiger partial charge in [-0.2, -0.15) is 4.31 Å². The molecule has 0 aliphatic carbocycles. The molecule has 2 aliphatic heterocycles. The van der Waals surface area contributed by atoms with E-state index in [-0.39, 0.29) is 29.7 Å². The molecule has 3 atom stereocenters. The topological polar surface area (TPSA) is 102 Å². The number of ether oxygens (including phenoxy) is 2. The Morgan fingerprint density at radius 2 is 1.79 bits per heavy atom. The van der Waals surface area contributed by atoms with Crippen LogP contribution in [-0.2, 0) is 26.2 Å². The minimum atomic E-state index is -3.90. The van der Waals surface area contributed by atoms with Gasteiger partial charge in [0.1, 0.15) is 22.8 Å². The van der Waals surface area contributed by atoms with Crippen molar-refractivity contribution in [2.24, 2.45) is 5.73 Å². The molecule has 3 aromatic carbocycles. The van der Waals surface area contributed by atoms with Crippen molar-refractivity contribution in [3.8, 4) is 5.75 Å². The van der Waals surface area contributed by atoms with Gasteiger partial charge in [-0.15, -0.1) is 0 Å². The van der Waals surface area contributed by atoms with Crippen LogP contribution in [0.5, 0.6) is 5.75 Å². The summed E-state index contributed by atoms with van der Waals surface area (Å²) in [7, 11) is -3.90. The highest BCUT2D eigenvalue weighted by Crippen LogP contribution is 2.39. The Morgan fingerprint density at radius 3 is 2.50 bits per heavy atom. The van der Waals surface area contributed by atoms with Gasteiger partial charge in [0.15, 0.2) is 0 Å². The molecule has 2 aliphatic rings. The van der Waals surface area contributed by atoms with Gasteiger partial charge in [0.2, 0.25) is 15.9 Å². The van der Waals surface area contributed by atoms with E-state index in [4.69, 9.17) is 15.2 Å². The van der Waals surface area contributed by atoms with Crippen LogP contribution in [0.3, 0.4) is 0 Å². The molecule has 1 amide bonds. The molecule has 8 nitrogen and oxygen atoms in total. The summed E-state index contributed by atoms with van der Waals surface area (Å²) in [5.41, 5.74) is 8.26. The van der Waals surface area contributed by atoms with E-state index in [1.807, 2.05) is 72.5 Å². The maximum Gasteiger partial charge on any atom is 0.247 e. The molecule has 0 spiro atoms. The van der Waals surface area contributed by atoms with E-state index in [1.54, 1.807) is 18.2 Å². The molecule has 0 aromatic heterocycles. The molecular weight excluding hydrogens is 502 g/mol. The number of primary amides is 1. The van der Waals surface area contributed by atoms with Gasteiger partial charge in [0, 0.05) is 24.3 Å². The minimum Gasteiger partial charge on any atom is -0.485 e. The quantitative estimate of drug-likeness (QED) is 0.470. The maximum absolute atomic E-state index is 14.0. The van der Waals surface area contributed by atoms with Crippen LogP contribution < -0.4 is 15.4 Å². The van der Waals surface area contributed by atoms with E-state index < -0.39 is 28.2 Å². The molecule has 9 heteroatoms. The molecule has 5 rings (SSSR count). The lowest BCUT2D eigenvalue weighted by Gasteiger charge is -2.29. The SMILES string of the molecule is C[C@@H](c1ccccc1)N1C[C@@H](COCc2ccccc2)Oc2cc(N3CCC[C@H]3C(N)=O)ccc2S1(=O)=O. The molecule has 200 valence electrons. The molecule has 0 bridgehead atoms. The van der Waals surface area contributed by atoms with Crippen LogP contribution in [0.1, 0.15) is 36.9 Å². The lowest BCUT2D eigenvalue weighted by atomic mass is 10.1. The van der Waals surface area contributed by atoms with Crippen LogP contribution in [0.15, 0.2) is 83.8 Å². The van der Waals surface area contributed by atoms with Crippen molar-refractivity contribution in [3.63, 3.8) is 0 Å². The first-order chi connectivity index (χ1) is 18.3. The second kappa shape index (κ2) is 11.1. The molecule has 1 fully saturated rings. The van der Waals surface area contributed by atoms with Crippen LogP contribution in [0.2, 0.25) is 0 Å². The predicted molar refractivity (Wildman–Crippen MR) is 145 cm³/mol. The number of carbonyl (C=O) groups excluding carboxylic acids is 1. The van der Waals surface area contributed by atoms with Crippen LogP contribution in [0.25, 0.3) is 0 Å². The summed E-state index contributed by atoms with van der Waals surface area (Å²) in [4.78, 5) is 14.0. The summed E-state index contributed by atoms with van der Waals surface area (Å²) >= 11 is 0. The van der Waals surface area contributed by atoms with E-state index >= 15 is 0 Å². The second-order valence-corrected chi connectivity index (χ2v) is 11.6. The fraction of sp³-hybridized carbons (Fsp3) is 0.345. The highest BCUT2D eigenvalue weighted by molar-refractivity contribution is 7.89. The highest BCUT2D eigenvalue weighted by Gasteiger charge is 2.39. The molecule has 1 saturated heterocycles. The van der Waals surface area contributed by atoms with E-state index in [2.05, 4.69) is 0 Å². The first kappa shape index (κ1) is 26.2. The van der Waals surface area contributed by atoms with Crippen molar-refractivity contribution >= 4 is 21.6 Å². The predicted octanol–water partition coefficient (Wildman–Crippen LogP) is 3.87. The first-order valence-corrected chi connectivity index (χ1v) is 14.3. The van der Waals surface area contributed by atoms with Gasteiger partial charge in [0.05, 0.1) is 19.8 Å². The number of amides is 1. The Bertz CT molecular complexity index is 1370. The average molecular weight is 536 g/mol. The number of sulfonamides is 1. The van der Waals surface area contributed by atoms with Crippen molar-refractivity contribution < 1.29 is 22.7 Å². The third-order valence-corrected chi connectivity index (χ3v) is 9.21. The number of hydrogen-bond donors (Lipinski definition) is 1. The summed E-state index contributed by atoms with van der Waals surface area (Å²) in [6.45, 7) is 3.28. The zero-order valence-corrected chi connectivity index (χ0v) is 22.2. The fourth-order valence-corrected chi connectivity index (χ4v) is 6.98. The Labute approximate surface area is 224 Å². The van der Waals surface area contributed by atoms with Crippen LogP contribution in [0.4, 0.5) is 5.69 Å². The van der Waals surface area contributed by atoms with Crippen LogP contribution >= 0.6 is 0 Å². The van der Waals surface area contributed by atoms with Crippen molar-refractivity contribution in [2.75, 3.05) is 24.6 Å². The number of nitrogens with two attached hydrogens (primary N) is 1. The Kier molecular flexibility index (Phi) is 7.69. The number of benzene rings is 3. The van der Waals surface area contributed by atoms with Gasteiger partial charge < -0.3 is 20.1 Å². The largest absolute Gasteiger partial charge is 0.485 e. The summed E-state index contributed by atoms with van der Waals surface area (Å²) in [5.74, 6) is -0.130. The minimum absolute atomic E-state index is 0.101. The molecule has 38 heavy (non-hydrogen) atoms. The molecule has 2 heterocycles. The molecule has 0 saturated carbocycles. The van der Waals surface area contributed by atoms with Gasteiger partial charge in [-0.3, -0.25) is 4.79 Å². The third kappa shape index (κ3) is 5.41. The Morgan fingerprint density at radius 1 is 1.08 bits per heavy atom. The van der Waals surface area contributed by atoms with Crippen molar-refractivity contribution in [1.29, 1.82) is 0 Å². The summed E-state index contributed by atoms with van der Waals surface area (Å²) < 4.78 is 41.8. The maximum atomic E-state index is 14.0. The number of hydrogen-bond acceptors (Lipinski definition) is 6. The van der Waals surface area contributed by atoms with Gasteiger partial charge >= 0.3 is 0 Å². The van der Waals surface area contributed by atoms with Crippen molar-refractivity contribution in [1.82, 2.24) is 4.31 Å². The van der Waals surface area contributed by atoms with Crippen LogP contribution in [-0.4, -0.2) is 50.5 Å². The van der Waals surface area contributed by atoms with Gasteiger partial charge in [0.25, 0.3) is 0 Å². The zero-order valence-electron chi connectivity index (χ0n) is 21.4. The van der Waals surface area contributed by atoms with Crippen molar-refractivity contribution in [3.05, 3.63) is 90.0 Å². The van der Waals surface area contributed by atoms with Crippen LogP contribution in [0, 0.1) is 0 Å².